The highest BCUT2D eigenvalue weighted by Crippen LogP contribution is 2.47. The number of anilines is 1. The lowest BCUT2D eigenvalue weighted by Gasteiger charge is -2.33. The van der Waals surface area contributed by atoms with E-state index in [2.05, 4.69) is 4.90 Å². The zero-order chi connectivity index (χ0) is 29.3. The quantitative estimate of drug-likeness (QED) is 0.296. The van der Waals surface area contributed by atoms with E-state index in [0.29, 0.717) is 36.1 Å². The third-order valence-corrected chi connectivity index (χ3v) is 8.30. The molecular formula is C34H41FN2O4. The van der Waals surface area contributed by atoms with E-state index in [1.807, 2.05) is 58.9 Å². The van der Waals surface area contributed by atoms with Gasteiger partial charge in [0.25, 0.3) is 0 Å². The summed E-state index contributed by atoms with van der Waals surface area (Å²) in [6.07, 6.45) is 3.26. The molecule has 7 heteroatoms. The van der Waals surface area contributed by atoms with Crippen LogP contribution in [0.25, 0.3) is 11.1 Å². The molecule has 2 heterocycles. The Morgan fingerprint density at radius 2 is 1.66 bits per heavy atom. The number of benzene rings is 2. The Morgan fingerprint density at radius 1 is 1.02 bits per heavy atom. The number of hydrogen-bond acceptors (Lipinski definition) is 5. The number of ether oxygens (including phenoxy) is 2. The van der Waals surface area contributed by atoms with Crippen molar-refractivity contribution < 1.29 is 23.8 Å². The molecule has 1 N–H and O–H groups in total. The van der Waals surface area contributed by atoms with Gasteiger partial charge >= 0.3 is 5.97 Å². The van der Waals surface area contributed by atoms with Crippen LogP contribution in [-0.2, 0) is 16.0 Å². The van der Waals surface area contributed by atoms with Crippen LogP contribution in [0.4, 0.5) is 10.1 Å². The summed E-state index contributed by atoms with van der Waals surface area (Å²) in [5, 5.41) is 10.4. The average molecular weight is 561 g/mol. The molecule has 1 aromatic heterocycles. The predicted molar refractivity (Wildman–Crippen MR) is 159 cm³/mol. The van der Waals surface area contributed by atoms with Crippen LogP contribution in [0.15, 0.2) is 48.5 Å². The molecule has 6 nitrogen and oxygen atoms in total. The molecule has 2 aromatic carbocycles. The average Bonchev–Trinajstić information content (AvgIpc) is 3.51. The molecule has 3 aromatic rings. The van der Waals surface area contributed by atoms with Crippen LogP contribution < -0.4 is 9.64 Å². The monoisotopic (exact) mass is 560 g/mol. The van der Waals surface area contributed by atoms with Gasteiger partial charge in [-0.05, 0) is 94.7 Å². The molecular weight excluding hydrogens is 519 g/mol. The van der Waals surface area contributed by atoms with Gasteiger partial charge in [0, 0.05) is 42.0 Å². The molecule has 1 aliphatic carbocycles. The lowest BCUT2D eigenvalue weighted by molar-refractivity contribution is -0.160. The molecule has 5 rings (SSSR count). The standard InChI is InChI=1S/C34H41FN2O4/c1-21-29(24-11-15-28(16-12-24)40-18-17-23-9-13-27(35)14-10-23)31(37-19-25-7-6-8-26(25)20-37)30(22(2)36-21)32(33(38)39)41-34(3,4)5/h9-16,25-26,32H,6-8,17-20H2,1-5H3,(H,38,39). The van der Waals surface area contributed by atoms with Gasteiger partial charge in [-0.15, -0.1) is 0 Å². The van der Waals surface area contributed by atoms with Crippen molar-refractivity contribution in [3.05, 3.63) is 76.9 Å². The Hall–Kier alpha value is -3.45. The van der Waals surface area contributed by atoms with Crippen molar-refractivity contribution in [3.63, 3.8) is 0 Å². The molecule has 1 saturated carbocycles. The molecule has 3 atom stereocenters. The summed E-state index contributed by atoms with van der Waals surface area (Å²) in [6, 6.07) is 14.4. The predicted octanol–water partition coefficient (Wildman–Crippen LogP) is 7.30. The van der Waals surface area contributed by atoms with Crippen LogP contribution in [0.5, 0.6) is 5.75 Å². The van der Waals surface area contributed by atoms with Crippen LogP contribution >= 0.6 is 0 Å². The van der Waals surface area contributed by atoms with Crippen molar-refractivity contribution in [1.82, 2.24) is 4.98 Å². The summed E-state index contributed by atoms with van der Waals surface area (Å²) in [5.74, 6) is 0.752. The van der Waals surface area contributed by atoms with E-state index < -0.39 is 17.7 Å². The van der Waals surface area contributed by atoms with Crippen molar-refractivity contribution in [2.24, 2.45) is 11.8 Å². The van der Waals surface area contributed by atoms with Crippen molar-refractivity contribution in [2.75, 3.05) is 24.6 Å². The summed E-state index contributed by atoms with van der Waals surface area (Å²) in [6.45, 7) is 11.9. The Morgan fingerprint density at radius 3 is 2.24 bits per heavy atom. The number of hydrogen-bond donors (Lipinski definition) is 1. The largest absolute Gasteiger partial charge is 0.493 e. The van der Waals surface area contributed by atoms with Crippen LogP contribution in [-0.4, -0.2) is 41.4 Å². The van der Waals surface area contributed by atoms with Gasteiger partial charge in [0.15, 0.2) is 6.10 Å². The second kappa shape index (κ2) is 11.8. The Balaban J connectivity index is 1.50. The molecule has 0 bridgehead atoms. The highest BCUT2D eigenvalue weighted by atomic mass is 19.1. The van der Waals surface area contributed by atoms with Gasteiger partial charge in [-0.25, -0.2) is 9.18 Å². The number of halogens is 1. The van der Waals surface area contributed by atoms with E-state index in [4.69, 9.17) is 14.5 Å². The van der Waals surface area contributed by atoms with Crippen LogP contribution in [0.2, 0.25) is 0 Å². The zero-order valence-corrected chi connectivity index (χ0v) is 24.7. The highest BCUT2D eigenvalue weighted by molar-refractivity contribution is 5.88. The number of aryl methyl sites for hydroxylation is 2. The topological polar surface area (TPSA) is 71.9 Å². The van der Waals surface area contributed by atoms with E-state index in [1.165, 1.54) is 31.4 Å². The first-order valence-corrected chi connectivity index (χ1v) is 14.6. The van der Waals surface area contributed by atoms with Gasteiger partial charge in [-0.1, -0.05) is 30.7 Å². The fraction of sp³-hybridized carbons (Fsp3) is 0.471. The highest BCUT2D eigenvalue weighted by Gasteiger charge is 2.41. The van der Waals surface area contributed by atoms with Gasteiger partial charge in [-0.3, -0.25) is 4.98 Å². The van der Waals surface area contributed by atoms with E-state index in [-0.39, 0.29) is 5.82 Å². The minimum absolute atomic E-state index is 0.245. The Kier molecular flexibility index (Phi) is 8.37. The van der Waals surface area contributed by atoms with Crippen molar-refractivity contribution in [3.8, 4) is 16.9 Å². The van der Waals surface area contributed by atoms with E-state index >= 15 is 0 Å². The molecule has 3 unspecified atom stereocenters. The summed E-state index contributed by atoms with van der Waals surface area (Å²) >= 11 is 0. The summed E-state index contributed by atoms with van der Waals surface area (Å²) in [7, 11) is 0. The van der Waals surface area contributed by atoms with Gasteiger partial charge in [0.05, 0.1) is 17.9 Å². The second-order valence-corrected chi connectivity index (χ2v) is 12.5. The number of rotatable bonds is 9. The lowest BCUT2D eigenvalue weighted by atomic mass is 9.93. The first-order chi connectivity index (χ1) is 19.5. The normalized spacial score (nSPS) is 19.3. The van der Waals surface area contributed by atoms with Gasteiger partial charge in [-0.2, -0.15) is 0 Å². The maximum Gasteiger partial charge on any atom is 0.337 e. The van der Waals surface area contributed by atoms with Crippen LogP contribution in [0.1, 0.15) is 68.7 Å². The fourth-order valence-corrected chi connectivity index (χ4v) is 6.49. The molecule has 1 saturated heterocycles. The second-order valence-electron chi connectivity index (χ2n) is 12.5. The van der Waals surface area contributed by atoms with Crippen LogP contribution in [0, 0.1) is 31.5 Å². The molecule has 41 heavy (non-hydrogen) atoms. The number of aliphatic carboxylic acids is 1. The Labute approximate surface area is 242 Å². The van der Waals surface area contributed by atoms with E-state index in [0.717, 1.165) is 46.9 Å². The first-order valence-electron chi connectivity index (χ1n) is 14.6. The number of carboxylic acids is 1. The van der Waals surface area contributed by atoms with Crippen LogP contribution in [0.3, 0.4) is 0 Å². The van der Waals surface area contributed by atoms with Crippen molar-refractivity contribution >= 4 is 11.7 Å². The fourth-order valence-electron chi connectivity index (χ4n) is 6.49. The zero-order valence-electron chi connectivity index (χ0n) is 24.7. The first kappa shape index (κ1) is 29.1. The molecule has 2 aliphatic rings. The number of fused-ring (bicyclic) bond motifs is 1. The molecule has 1 aliphatic heterocycles. The van der Waals surface area contributed by atoms with Gasteiger partial charge < -0.3 is 19.5 Å². The number of nitrogens with zero attached hydrogens (tertiary/aromatic N) is 2. The summed E-state index contributed by atoms with van der Waals surface area (Å²) in [5.41, 5.74) is 5.42. The summed E-state index contributed by atoms with van der Waals surface area (Å²) in [4.78, 5) is 20.0. The van der Waals surface area contributed by atoms with E-state index in [1.54, 1.807) is 12.1 Å². The van der Waals surface area contributed by atoms with Gasteiger partial charge in [0.1, 0.15) is 11.6 Å². The maximum atomic E-state index is 13.2. The number of pyridine rings is 1. The molecule has 0 radical (unpaired) electrons. The van der Waals surface area contributed by atoms with Gasteiger partial charge in [0.2, 0.25) is 0 Å². The SMILES string of the molecule is Cc1nc(C)c(C(OC(C)(C)C)C(=O)O)c(N2CC3CCCC3C2)c1-c1ccc(OCCc2ccc(F)cc2)cc1. The third-order valence-electron chi connectivity index (χ3n) is 8.30. The smallest absolute Gasteiger partial charge is 0.337 e. The lowest BCUT2D eigenvalue weighted by Crippen LogP contribution is -2.31. The minimum atomic E-state index is -1.13. The number of carbonyl (C=O) groups is 1. The van der Waals surface area contributed by atoms with Crippen molar-refractivity contribution in [2.45, 2.75) is 72.0 Å². The minimum Gasteiger partial charge on any atom is -0.493 e. The molecule has 0 amide bonds. The number of carboxylic acid groups (broad SMARTS) is 1. The molecule has 0 spiro atoms. The summed E-state index contributed by atoms with van der Waals surface area (Å²) < 4.78 is 25.4. The Bertz CT molecular complexity index is 1370. The van der Waals surface area contributed by atoms with E-state index in [9.17, 15) is 14.3 Å². The number of aromatic nitrogens is 1. The maximum absolute atomic E-state index is 13.2. The van der Waals surface area contributed by atoms with Crippen molar-refractivity contribution in [1.29, 1.82) is 0 Å². The molecule has 2 fully saturated rings. The molecule has 218 valence electrons. The third kappa shape index (κ3) is 6.56.